The molecule has 29 heavy (non-hydrogen) atoms. The van der Waals surface area contributed by atoms with Gasteiger partial charge in [0, 0.05) is 23.9 Å². The molecule has 2 saturated heterocycles. The Morgan fingerprint density at radius 1 is 1.10 bits per heavy atom. The first kappa shape index (κ1) is 18.0. The molecule has 1 N–H and O–H groups in total. The van der Waals surface area contributed by atoms with E-state index in [0.29, 0.717) is 11.9 Å². The zero-order valence-corrected chi connectivity index (χ0v) is 16.8. The lowest BCUT2D eigenvalue weighted by atomic mass is 10.1. The highest BCUT2D eigenvalue weighted by Gasteiger charge is 2.47. The van der Waals surface area contributed by atoms with Crippen molar-refractivity contribution in [3.63, 3.8) is 0 Å². The van der Waals surface area contributed by atoms with E-state index in [2.05, 4.69) is 9.88 Å². The van der Waals surface area contributed by atoms with Gasteiger partial charge in [-0.2, -0.15) is 0 Å². The van der Waals surface area contributed by atoms with E-state index in [0.717, 1.165) is 35.2 Å². The van der Waals surface area contributed by atoms with Gasteiger partial charge in [0.15, 0.2) is 0 Å². The Kier molecular flexibility index (Phi) is 3.84. The molecule has 5 rings (SSSR count). The monoisotopic (exact) mass is 392 g/mol. The lowest BCUT2D eigenvalue weighted by Crippen LogP contribution is -2.50. The number of carbonyl (C=O) groups excluding carboxylic acids is 1. The number of ether oxygens (including phenoxy) is 1. The zero-order chi connectivity index (χ0) is 20.3. The van der Waals surface area contributed by atoms with E-state index in [1.165, 1.54) is 0 Å². The molecule has 4 heterocycles. The molecule has 7 nitrogen and oxygen atoms in total. The van der Waals surface area contributed by atoms with Crippen LogP contribution in [0.4, 0.5) is 10.6 Å². The normalized spacial score (nSPS) is 21.3. The maximum absolute atomic E-state index is 12.5. The number of H-pyrrole nitrogens is 1. The minimum atomic E-state index is -0.490. The summed E-state index contributed by atoms with van der Waals surface area (Å²) in [5, 5.41) is 1.50. The van der Waals surface area contributed by atoms with Gasteiger partial charge in [-0.05, 0) is 45.4 Å². The van der Waals surface area contributed by atoms with Gasteiger partial charge in [-0.15, -0.1) is 0 Å². The Labute approximate surface area is 168 Å². The summed E-state index contributed by atoms with van der Waals surface area (Å²) in [6.07, 6.45) is 0.686. The van der Waals surface area contributed by atoms with E-state index >= 15 is 0 Å². The van der Waals surface area contributed by atoms with Gasteiger partial charge in [0.25, 0.3) is 5.56 Å². The van der Waals surface area contributed by atoms with Crippen LogP contribution in [0.25, 0.3) is 21.8 Å². The highest BCUT2D eigenvalue weighted by atomic mass is 16.6. The van der Waals surface area contributed by atoms with Gasteiger partial charge >= 0.3 is 6.09 Å². The first-order valence-electron chi connectivity index (χ1n) is 9.98. The van der Waals surface area contributed by atoms with Crippen molar-refractivity contribution in [3.05, 3.63) is 46.8 Å². The van der Waals surface area contributed by atoms with Crippen LogP contribution in [0.3, 0.4) is 0 Å². The maximum atomic E-state index is 12.5. The highest BCUT2D eigenvalue weighted by Crippen LogP contribution is 2.35. The number of rotatable bonds is 1. The Morgan fingerprint density at radius 2 is 1.86 bits per heavy atom. The van der Waals surface area contributed by atoms with Crippen molar-refractivity contribution in [2.75, 3.05) is 18.0 Å². The number of carbonyl (C=O) groups is 1. The van der Waals surface area contributed by atoms with Crippen LogP contribution >= 0.6 is 0 Å². The number of likely N-dealkylation sites (tertiary alicyclic amines) is 1. The topological polar surface area (TPSA) is 78.5 Å². The fraction of sp³-hybridized carbons (Fsp3) is 0.409. The number of anilines is 1. The van der Waals surface area contributed by atoms with E-state index in [-0.39, 0.29) is 23.7 Å². The predicted molar refractivity (Wildman–Crippen MR) is 112 cm³/mol. The molecule has 2 fully saturated rings. The second-order valence-corrected chi connectivity index (χ2v) is 8.89. The molecule has 0 saturated carbocycles. The van der Waals surface area contributed by atoms with Crippen molar-refractivity contribution in [2.45, 2.75) is 44.9 Å². The zero-order valence-electron chi connectivity index (χ0n) is 16.8. The minimum Gasteiger partial charge on any atom is -0.444 e. The summed E-state index contributed by atoms with van der Waals surface area (Å²) in [5.74, 6) is 0.881. The number of fused-ring (bicyclic) bond motifs is 5. The van der Waals surface area contributed by atoms with Crippen LogP contribution < -0.4 is 10.5 Å². The second-order valence-electron chi connectivity index (χ2n) is 8.89. The average Bonchev–Trinajstić information content (AvgIpc) is 3.28. The number of piperazine rings is 1. The molecule has 1 aromatic carbocycles. The number of nitrogens with one attached hydrogen (secondary N) is 1. The van der Waals surface area contributed by atoms with Crippen LogP contribution in [-0.2, 0) is 4.74 Å². The molecule has 3 aromatic rings. The molecular weight excluding hydrogens is 368 g/mol. The third kappa shape index (κ3) is 3.01. The molecule has 2 atom stereocenters. The standard InChI is InChI=1S/C22H24N4O3/c1-22(2,3)29-21(28)26-12-13-10-14(26)11-25(13)18-9-8-17-19(24-18)15-6-4-5-7-16(15)20(27)23-17/h4-9,13-14H,10-12H2,1-3H3,(H,23,27)/t13-,14-/m0/s1. The molecule has 0 aliphatic carbocycles. The Hall–Kier alpha value is -3.09. The molecular formula is C22H24N4O3. The molecule has 2 aliphatic rings. The number of pyridine rings is 2. The van der Waals surface area contributed by atoms with Gasteiger partial charge in [-0.3, -0.25) is 4.79 Å². The molecule has 7 heteroatoms. The van der Waals surface area contributed by atoms with E-state index in [9.17, 15) is 9.59 Å². The van der Waals surface area contributed by atoms with Gasteiger partial charge in [-0.25, -0.2) is 9.78 Å². The summed E-state index contributed by atoms with van der Waals surface area (Å²) < 4.78 is 5.55. The number of aromatic nitrogens is 2. The summed E-state index contributed by atoms with van der Waals surface area (Å²) in [4.78, 5) is 36.7. The first-order chi connectivity index (χ1) is 13.8. The maximum Gasteiger partial charge on any atom is 0.410 e. The summed E-state index contributed by atoms with van der Waals surface area (Å²) >= 11 is 0. The van der Waals surface area contributed by atoms with Gasteiger partial charge in [0.1, 0.15) is 11.4 Å². The van der Waals surface area contributed by atoms with Crippen LogP contribution in [0.1, 0.15) is 27.2 Å². The summed E-state index contributed by atoms with van der Waals surface area (Å²) in [6, 6.07) is 11.8. The number of hydrogen-bond donors (Lipinski definition) is 1. The van der Waals surface area contributed by atoms with E-state index < -0.39 is 5.60 Å². The van der Waals surface area contributed by atoms with Crippen molar-refractivity contribution in [2.24, 2.45) is 0 Å². The quantitative estimate of drug-likeness (QED) is 0.643. The Balaban J connectivity index is 1.45. The third-order valence-corrected chi connectivity index (χ3v) is 5.72. The number of nitrogens with zero attached hydrogens (tertiary/aromatic N) is 3. The molecule has 2 aromatic heterocycles. The molecule has 2 aliphatic heterocycles. The first-order valence-corrected chi connectivity index (χ1v) is 9.98. The van der Waals surface area contributed by atoms with Crippen LogP contribution in [0.2, 0.25) is 0 Å². The molecule has 1 amide bonds. The Bertz CT molecular complexity index is 1180. The lowest BCUT2D eigenvalue weighted by Gasteiger charge is -2.35. The molecule has 0 spiro atoms. The van der Waals surface area contributed by atoms with Gasteiger partial charge in [0.05, 0.1) is 23.1 Å². The van der Waals surface area contributed by atoms with Gasteiger partial charge in [0.2, 0.25) is 0 Å². The molecule has 2 bridgehead atoms. The van der Waals surface area contributed by atoms with Crippen molar-refractivity contribution < 1.29 is 9.53 Å². The smallest absolute Gasteiger partial charge is 0.410 e. The SMILES string of the molecule is CC(C)(C)OC(=O)N1C[C@@H]2C[C@H]1CN2c1ccc2[nH]c(=O)c3ccccc3c2n1. The average molecular weight is 392 g/mol. The minimum absolute atomic E-state index is 0.101. The van der Waals surface area contributed by atoms with E-state index in [1.54, 1.807) is 0 Å². The van der Waals surface area contributed by atoms with Crippen LogP contribution in [0.15, 0.2) is 41.2 Å². The van der Waals surface area contributed by atoms with E-state index in [4.69, 9.17) is 9.72 Å². The Morgan fingerprint density at radius 3 is 2.55 bits per heavy atom. The van der Waals surface area contributed by atoms with Crippen molar-refractivity contribution in [3.8, 4) is 0 Å². The van der Waals surface area contributed by atoms with Gasteiger partial charge in [-0.1, -0.05) is 18.2 Å². The summed E-state index contributed by atoms with van der Waals surface area (Å²) in [7, 11) is 0. The summed E-state index contributed by atoms with van der Waals surface area (Å²) in [5.41, 5.74) is 0.939. The van der Waals surface area contributed by atoms with E-state index in [1.807, 2.05) is 62.1 Å². The van der Waals surface area contributed by atoms with Gasteiger partial charge < -0.3 is 19.5 Å². The second kappa shape index (κ2) is 6.20. The number of amides is 1. The van der Waals surface area contributed by atoms with Crippen LogP contribution in [0, 0.1) is 0 Å². The number of hydrogen-bond acceptors (Lipinski definition) is 5. The largest absolute Gasteiger partial charge is 0.444 e. The van der Waals surface area contributed by atoms with Crippen LogP contribution in [-0.4, -0.2) is 51.7 Å². The fourth-order valence-corrected chi connectivity index (χ4v) is 4.48. The molecule has 150 valence electrons. The fourth-order valence-electron chi connectivity index (χ4n) is 4.48. The lowest BCUT2D eigenvalue weighted by molar-refractivity contribution is 0.0214. The predicted octanol–water partition coefficient (Wildman–Crippen LogP) is 3.27. The highest BCUT2D eigenvalue weighted by molar-refractivity contribution is 6.03. The molecule has 0 radical (unpaired) electrons. The summed E-state index contributed by atoms with van der Waals surface area (Å²) in [6.45, 7) is 7.05. The van der Waals surface area contributed by atoms with Crippen LogP contribution in [0.5, 0.6) is 0 Å². The van der Waals surface area contributed by atoms with Crippen molar-refractivity contribution in [1.82, 2.24) is 14.9 Å². The van der Waals surface area contributed by atoms with Crippen molar-refractivity contribution >= 4 is 33.7 Å². The molecule has 0 unspecified atom stereocenters. The number of aromatic amines is 1. The van der Waals surface area contributed by atoms with Crippen molar-refractivity contribution in [1.29, 1.82) is 0 Å². The number of benzene rings is 1. The third-order valence-electron chi connectivity index (χ3n) is 5.72.